The van der Waals surface area contributed by atoms with Crippen molar-refractivity contribution in [2.24, 2.45) is 5.73 Å². The molecule has 1 aliphatic carbocycles. The lowest BCUT2D eigenvalue weighted by molar-refractivity contribution is -0.146. The van der Waals surface area contributed by atoms with Crippen molar-refractivity contribution >= 4 is 0 Å². The van der Waals surface area contributed by atoms with Crippen LogP contribution in [0.1, 0.15) is 43.3 Å². The van der Waals surface area contributed by atoms with Crippen LogP contribution in [0.4, 0.5) is 13.2 Å². The fraction of sp³-hybridized carbons (Fsp3) is 0.778. The molecule has 2 unspecified atom stereocenters. The molecule has 1 heterocycles. The molecule has 90 valence electrons. The first-order valence-electron chi connectivity index (χ1n) is 5.15. The first-order chi connectivity index (χ1) is 7.48. The Bertz CT molecular complexity index is 363. The normalized spacial score (nSPS) is 27.0. The lowest BCUT2D eigenvalue weighted by Gasteiger charge is -2.25. The van der Waals surface area contributed by atoms with Gasteiger partial charge in [-0.1, -0.05) is 18.0 Å². The molecule has 1 aromatic rings. The summed E-state index contributed by atoms with van der Waals surface area (Å²) in [6, 6.07) is -0.185. The maximum atomic E-state index is 12.2. The molecule has 0 bridgehead atoms. The van der Waals surface area contributed by atoms with Gasteiger partial charge < -0.3 is 10.3 Å². The van der Waals surface area contributed by atoms with Gasteiger partial charge >= 0.3 is 6.18 Å². The van der Waals surface area contributed by atoms with E-state index in [1.807, 2.05) is 0 Å². The Balaban J connectivity index is 2.18. The molecule has 1 aliphatic rings. The summed E-state index contributed by atoms with van der Waals surface area (Å²) in [4.78, 5) is 3.37. The highest BCUT2D eigenvalue weighted by atomic mass is 19.4. The van der Waals surface area contributed by atoms with E-state index in [4.69, 9.17) is 5.73 Å². The number of aromatic nitrogens is 2. The van der Waals surface area contributed by atoms with Gasteiger partial charge in [0.25, 0.3) is 5.82 Å². The second kappa shape index (κ2) is 4.04. The first-order valence-corrected chi connectivity index (χ1v) is 5.15. The van der Waals surface area contributed by atoms with Gasteiger partial charge in [0.1, 0.15) is 0 Å². The molecule has 0 aromatic carbocycles. The number of alkyl halides is 3. The number of nitrogens with two attached hydrogens (primary N) is 1. The van der Waals surface area contributed by atoms with Gasteiger partial charge in [-0.3, -0.25) is 0 Å². The molecule has 2 N–H and O–H groups in total. The van der Waals surface area contributed by atoms with E-state index in [-0.39, 0.29) is 17.9 Å². The summed E-state index contributed by atoms with van der Waals surface area (Å²) in [5.74, 6) is -1.45. The maximum absolute atomic E-state index is 12.2. The summed E-state index contributed by atoms with van der Waals surface area (Å²) in [6.07, 6.45) is -1.13. The number of hydrogen-bond donors (Lipinski definition) is 1. The topological polar surface area (TPSA) is 64.9 Å². The molecule has 0 saturated heterocycles. The van der Waals surface area contributed by atoms with Gasteiger partial charge in [-0.25, -0.2) is 0 Å². The van der Waals surface area contributed by atoms with E-state index >= 15 is 0 Å². The van der Waals surface area contributed by atoms with Crippen molar-refractivity contribution in [1.29, 1.82) is 0 Å². The van der Waals surface area contributed by atoms with E-state index in [1.165, 1.54) is 0 Å². The van der Waals surface area contributed by atoms with Crippen LogP contribution in [0.2, 0.25) is 0 Å². The van der Waals surface area contributed by atoms with Crippen LogP contribution in [0.5, 0.6) is 0 Å². The smallest absolute Gasteiger partial charge is 0.339 e. The molecule has 2 atom stereocenters. The van der Waals surface area contributed by atoms with Gasteiger partial charge in [0.15, 0.2) is 0 Å². The molecule has 2 rings (SSSR count). The first kappa shape index (κ1) is 11.4. The standard InChI is InChI=1S/C9H12F3N3O/c10-9(11,12)8-14-7(16-15-8)5-3-1-2-4-6(5)13/h5-6H,1-4,13H2. The molecule has 1 aromatic heterocycles. The van der Waals surface area contributed by atoms with Gasteiger partial charge in [-0.05, 0) is 12.8 Å². The van der Waals surface area contributed by atoms with Crippen molar-refractivity contribution in [1.82, 2.24) is 10.1 Å². The monoisotopic (exact) mass is 235 g/mol. The third-order valence-electron chi connectivity index (χ3n) is 2.83. The Morgan fingerprint density at radius 2 is 1.94 bits per heavy atom. The summed E-state index contributed by atoms with van der Waals surface area (Å²) in [5.41, 5.74) is 5.82. The lowest BCUT2D eigenvalue weighted by Crippen LogP contribution is -2.31. The second-order valence-corrected chi connectivity index (χ2v) is 4.01. The number of rotatable bonds is 1. The van der Waals surface area contributed by atoms with Crippen LogP contribution in [0.25, 0.3) is 0 Å². The van der Waals surface area contributed by atoms with Crippen molar-refractivity contribution in [3.8, 4) is 0 Å². The number of nitrogens with zero attached hydrogens (tertiary/aromatic N) is 2. The molecule has 7 heteroatoms. The Morgan fingerprint density at radius 3 is 2.50 bits per heavy atom. The van der Waals surface area contributed by atoms with E-state index in [1.54, 1.807) is 0 Å². The van der Waals surface area contributed by atoms with Gasteiger partial charge in [-0.15, -0.1) is 0 Å². The zero-order valence-corrected chi connectivity index (χ0v) is 8.50. The number of halogens is 3. The Morgan fingerprint density at radius 1 is 1.25 bits per heavy atom. The minimum absolute atomic E-state index is 0.0134. The van der Waals surface area contributed by atoms with Crippen LogP contribution in [-0.2, 0) is 6.18 Å². The average molecular weight is 235 g/mol. The molecule has 0 aliphatic heterocycles. The van der Waals surface area contributed by atoms with E-state index < -0.39 is 12.0 Å². The number of hydrogen-bond acceptors (Lipinski definition) is 4. The Hall–Kier alpha value is -1.11. The van der Waals surface area contributed by atoms with Crippen LogP contribution in [-0.4, -0.2) is 16.2 Å². The SMILES string of the molecule is NC1CCCCC1c1nc(C(F)(F)F)no1. The third-order valence-corrected chi connectivity index (χ3v) is 2.83. The second-order valence-electron chi connectivity index (χ2n) is 4.01. The van der Waals surface area contributed by atoms with Gasteiger partial charge in [0.2, 0.25) is 5.89 Å². The minimum Gasteiger partial charge on any atom is -0.339 e. The quantitative estimate of drug-likeness (QED) is 0.809. The van der Waals surface area contributed by atoms with Crippen molar-refractivity contribution in [3.63, 3.8) is 0 Å². The molecule has 4 nitrogen and oxygen atoms in total. The fourth-order valence-electron chi connectivity index (χ4n) is 1.97. The van der Waals surface area contributed by atoms with Crippen LogP contribution in [0.3, 0.4) is 0 Å². The predicted octanol–water partition coefficient (Wildman–Crippen LogP) is 2.07. The zero-order chi connectivity index (χ0) is 11.8. The zero-order valence-electron chi connectivity index (χ0n) is 8.50. The Kier molecular flexibility index (Phi) is 2.88. The lowest BCUT2D eigenvalue weighted by atomic mass is 9.85. The highest BCUT2D eigenvalue weighted by molar-refractivity contribution is 5.01. The summed E-state index contributed by atoms with van der Waals surface area (Å²) in [7, 11) is 0. The maximum Gasteiger partial charge on any atom is 0.455 e. The Labute approximate surface area is 90.0 Å². The van der Waals surface area contributed by atoms with E-state index in [0.29, 0.717) is 6.42 Å². The van der Waals surface area contributed by atoms with Gasteiger partial charge in [-0.2, -0.15) is 18.2 Å². The fourth-order valence-corrected chi connectivity index (χ4v) is 1.97. The van der Waals surface area contributed by atoms with Crippen LogP contribution in [0.15, 0.2) is 4.52 Å². The predicted molar refractivity (Wildman–Crippen MR) is 48.5 cm³/mol. The molecule has 1 fully saturated rings. The van der Waals surface area contributed by atoms with Crippen molar-refractivity contribution in [3.05, 3.63) is 11.7 Å². The average Bonchev–Trinajstić information content (AvgIpc) is 2.66. The van der Waals surface area contributed by atoms with Gasteiger partial charge in [0.05, 0.1) is 5.92 Å². The molecule has 0 spiro atoms. The van der Waals surface area contributed by atoms with Crippen molar-refractivity contribution < 1.29 is 17.7 Å². The molecule has 0 radical (unpaired) electrons. The molecule has 1 saturated carbocycles. The summed E-state index contributed by atoms with van der Waals surface area (Å²) in [6.45, 7) is 0. The minimum atomic E-state index is -4.56. The molecular weight excluding hydrogens is 223 g/mol. The largest absolute Gasteiger partial charge is 0.455 e. The highest BCUT2D eigenvalue weighted by Crippen LogP contribution is 2.33. The van der Waals surface area contributed by atoms with E-state index in [2.05, 4.69) is 14.7 Å². The van der Waals surface area contributed by atoms with E-state index in [0.717, 1.165) is 19.3 Å². The summed E-state index contributed by atoms with van der Waals surface area (Å²) < 4.78 is 41.4. The molecule has 0 amide bonds. The van der Waals surface area contributed by atoms with Crippen molar-refractivity contribution in [2.45, 2.75) is 43.8 Å². The van der Waals surface area contributed by atoms with Crippen LogP contribution < -0.4 is 5.73 Å². The molecule has 16 heavy (non-hydrogen) atoms. The van der Waals surface area contributed by atoms with E-state index in [9.17, 15) is 13.2 Å². The molecular formula is C9H12F3N3O. The highest BCUT2D eigenvalue weighted by Gasteiger charge is 2.39. The summed E-state index contributed by atoms with van der Waals surface area (Å²) in [5, 5.41) is 2.93. The third kappa shape index (κ3) is 2.18. The van der Waals surface area contributed by atoms with Crippen LogP contribution >= 0.6 is 0 Å². The summed E-state index contributed by atoms with van der Waals surface area (Å²) >= 11 is 0. The van der Waals surface area contributed by atoms with Crippen molar-refractivity contribution in [2.75, 3.05) is 0 Å². The van der Waals surface area contributed by atoms with Crippen LogP contribution in [0, 0.1) is 0 Å². The van der Waals surface area contributed by atoms with Gasteiger partial charge in [0, 0.05) is 6.04 Å².